The Morgan fingerprint density at radius 2 is 1.91 bits per heavy atom. The normalized spacial score (nSPS) is 33.4. The summed E-state index contributed by atoms with van der Waals surface area (Å²) in [6, 6.07) is 10.1. The molecule has 0 aliphatic heterocycles. The fourth-order valence-electron chi connectivity index (χ4n) is 7.57. The van der Waals surface area contributed by atoms with Gasteiger partial charge in [-0.3, -0.25) is 4.79 Å². The predicted octanol–water partition coefficient (Wildman–Crippen LogP) is 6.25. The number of ketones is 1. The summed E-state index contributed by atoms with van der Waals surface area (Å²) in [5.41, 5.74) is 5.54. The van der Waals surface area contributed by atoms with Crippen molar-refractivity contribution < 1.29 is 9.90 Å². The van der Waals surface area contributed by atoms with Gasteiger partial charge in [0.15, 0.2) is 11.4 Å². The minimum Gasteiger partial charge on any atom is -0.371 e. The smallest absolute Gasteiger partial charge is 0.180 e. The van der Waals surface area contributed by atoms with Crippen LogP contribution in [-0.2, 0) is 10.4 Å². The molecule has 3 nitrogen and oxygen atoms in total. The highest BCUT2D eigenvalue weighted by molar-refractivity contribution is 5.93. The molecule has 4 aliphatic carbocycles. The molecule has 1 aromatic rings. The second-order valence-electron chi connectivity index (χ2n) is 10.8. The predicted molar refractivity (Wildman–Crippen MR) is 126 cm³/mol. The van der Waals surface area contributed by atoms with Gasteiger partial charge in [-0.1, -0.05) is 48.9 Å². The van der Waals surface area contributed by atoms with Gasteiger partial charge in [0.05, 0.1) is 0 Å². The van der Waals surface area contributed by atoms with Crippen molar-refractivity contribution in [3.8, 4) is 6.07 Å². The van der Waals surface area contributed by atoms with Crippen molar-refractivity contribution >= 4 is 11.4 Å². The Kier molecular flexibility index (Phi) is 5.06. The van der Waals surface area contributed by atoms with E-state index in [2.05, 4.69) is 19.6 Å². The summed E-state index contributed by atoms with van der Waals surface area (Å²) in [4.78, 5) is 11.9. The van der Waals surface area contributed by atoms with Crippen molar-refractivity contribution in [1.82, 2.24) is 0 Å². The quantitative estimate of drug-likeness (QED) is 0.580. The Balaban J connectivity index is 1.49. The van der Waals surface area contributed by atoms with Crippen LogP contribution >= 0.6 is 0 Å². The van der Waals surface area contributed by atoms with Crippen molar-refractivity contribution in [3.05, 3.63) is 64.8 Å². The third-order valence-corrected chi connectivity index (χ3v) is 9.22. The fourth-order valence-corrected chi connectivity index (χ4v) is 7.57. The maximum atomic E-state index is 11.9. The summed E-state index contributed by atoms with van der Waals surface area (Å²) in [6.07, 6.45) is 9.53. The molecule has 0 heterocycles. The van der Waals surface area contributed by atoms with Crippen LogP contribution in [0, 0.1) is 34.5 Å². The first kappa shape index (κ1) is 21.4. The number of allylic oxidation sites excluding steroid dienone is 5. The van der Waals surface area contributed by atoms with E-state index in [4.69, 9.17) is 0 Å². The largest absolute Gasteiger partial charge is 0.371 e. The van der Waals surface area contributed by atoms with E-state index in [1.807, 2.05) is 37.3 Å². The van der Waals surface area contributed by atoms with Gasteiger partial charge in [-0.05, 0) is 97.5 Å². The van der Waals surface area contributed by atoms with Crippen LogP contribution in [-0.4, -0.2) is 10.9 Å². The number of hydrogen-bond donors (Lipinski definition) is 1. The summed E-state index contributed by atoms with van der Waals surface area (Å²) < 4.78 is 0. The Labute approximate surface area is 191 Å². The van der Waals surface area contributed by atoms with Crippen LogP contribution in [0.15, 0.2) is 53.6 Å². The van der Waals surface area contributed by atoms with Crippen LogP contribution < -0.4 is 0 Å². The summed E-state index contributed by atoms with van der Waals surface area (Å²) in [5, 5.41) is 22.0. The Bertz CT molecular complexity index is 1090. The van der Waals surface area contributed by atoms with Crippen molar-refractivity contribution in [3.63, 3.8) is 0 Å². The molecule has 2 saturated carbocycles. The molecule has 0 spiro atoms. The van der Waals surface area contributed by atoms with E-state index >= 15 is 0 Å². The molecule has 5 atom stereocenters. The first-order valence-electron chi connectivity index (χ1n) is 12.1. The van der Waals surface area contributed by atoms with Crippen molar-refractivity contribution in [2.75, 3.05) is 0 Å². The highest BCUT2D eigenvalue weighted by Gasteiger charge is 2.59. The van der Waals surface area contributed by atoms with E-state index < -0.39 is 5.60 Å². The van der Waals surface area contributed by atoms with Crippen LogP contribution in [0.1, 0.15) is 76.3 Å². The molecule has 0 saturated heterocycles. The molecule has 2 fully saturated rings. The molecule has 32 heavy (non-hydrogen) atoms. The van der Waals surface area contributed by atoms with Crippen LogP contribution in [0.2, 0.25) is 0 Å². The minimum absolute atomic E-state index is 0.0576. The van der Waals surface area contributed by atoms with Gasteiger partial charge in [0.2, 0.25) is 0 Å². The standard InChI is InChI=1S/C29H33NO2/c1-18(2)19-4-7-21(8-5-19)29(32,17-30)27-13-12-26-25-10-6-20-16-22(31)9-11-23(20)24(25)14-15-28(26,27)3/h4-5,7-8,16,25-27,32H,1,6,9-15H2,2-3H3/t25-,26+,27?,28+,29?/m1/s1. The zero-order valence-electron chi connectivity index (χ0n) is 19.3. The zero-order valence-corrected chi connectivity index (χ0v) is 19.3. The lowest BCUT2D eigenvalue weighted by Gasteiger charge is -2.51. The maximum Gasteiger partial charge on any atom is 0.180 e. The Hall–Kier alpha value is -2.44. The lowest BCUT2D eigenvalue weighted by molar-refractivity contribution is -0.114. The monoisotopic (exact) mass is 427 g/mol. The molecular formula is C29H33NO2. The lowest BCUT2D eigenvalue weighted by atomic mass is 9.54. The van der Waals surface area contributed by atoms with Gasteiger partial charge in [0.25, 0.3) is 0 Å². The number of hydrogen-bond acceptors (Lipinski definition) is 3. The van der Waals surface area contributed by atoms with Crippen LogP contribution in [0.5, 0.6) is 0 Å². The first-order chi connectivity index (χ1) is 15.3. The van der Waals surface area contributed by atoms with E-state index in [1.54, 1.807) is 5.57 Å². The maximum absolute atomic E-state index is 11.9. The summed E-state index contributed by atoms with van der Waals surface area (Å²) in [5.74, 6) is 1.24. The Morgan fingerprint density at radius 3 is 2.59 bits per heavy atom. The second-order valence-corrected chi connectivity index (χ2v) is 10.8. The molecule has 1 N–H and O–H groups in total. The van der Waals surface area contributed by atoms with Gasteiger partial charge in [-0.25, -0.2) is 0 Å². The first-order valence-corrected chi connectivity index (χ1v) is 12.1. The molecule has 1 aromatic carbocycles. The van der Waals surface area contributed by atoms with E-state index in [1.165, 1.54) is 11.1 Å². The highest BCUT2D eigenvalue weighted by Crippen LogP contribution is 2.65. The summed E-state index contributed by atoms with van der Waals surface area (Å²) in [6.45, 7) is 8.29. The average molecular weight is 428 g/mol. The van der Waals surface area contributed by atoms with E-state index in [-0.39, 0.29) is 17.1 Å². The average Bonchev–Trinajstić information content (AvgIpc) is 3.16. The van der Waals surface area contributed by atoms with Gasteiger partial charge < -0.3 is 5.11 Å². The fraction of sp³-hybridized carbons (Fsp3) is 0.517. The van der Waals surface area contributed by atoms with E-state index in [0.29, 0.717) is 23.8 Å². The SMILES string of the molecule is C=C(C)c1ccc(C(O)(C#N)C2CC[C@H]3[C@@H]4CCC5=CC(=O)CCC5=C4CC[C@]23C)cc1. The molecule has 5 rings (SSSR count). The number of fused-ring (bicyclic) bond motifs is 4. The summed E-state index contributed by atoms with van der Waals surface area (Å²) >= 11 is 0. The molecule has 4 aliphatic rings. The second kappa shape index (κ2) is 7.56. The van der Waals surface area contributed by atoms with Gasteiger partial charge in [-0.15, -0.1) is 0 Å². The third-order valence-electron chi connectivity index (χ3n) is 9.22. The van der Waals surface area contributed by atoms with Crippen molar-refractivity contribution in [1.29, 1.82) is 5.26 Å². The number of benzene rings is 1. The molecule has 3 heteroatoms. The van der Waals surface area contributed by atoms with Gasteiger partial charge >= 0.3 is 0 Å². The van der Waals surface area contributed by atoms with Crippen molar-refractivity contribution in [2.24, 2.45) is 23.2 Å². The molecule has 0 bridgehead atoms. The van der Waals surface area contributed by atoms with Gasteiger partial charge in [-0.2, -0.15) is 5.26 Å². The number of aliphatic hydroxyl groups is 1. The van der Waals surface area contributed by atoms with Crippen LogP contribution in [0.25, 0.3) is 5.57 Å². The van der Waals surface area contributed by atoms with E-state index in [0.717, 1.165) is 56.1 Å². The molecule has 166 valence electrons. The zero-order chi connectivity index (χ0) is 22.7. The van der Waals surface area contributed by atoms with Gasteiger partial charge in [0.1, 0.15) is 6.07 Å². The molecular weight excluding hydrogens is 394 g/mol. The number of carbonyl (C=O) groups excluding carboxylic acids is 1. The number of carbonyl (C=O) groups is 1. The topological polar surface area (TPSA) is 61.1 Å². The number of nitrogens with zero attached hydrogens (tertiary/aromatic N) is 1. The van der Waals surface area contributed by atoms with Gasteiger partial charge in [0, 0.05) is 12.3 Å². The van der Waals surface area contributed by atoms with Crippen molar-refractivity contribution in [2.45, 2.75) is 70.8 Å². The summed E-state index contributed by atoms with van der Waals surface area (Å²) in [7, 11) is 0. The highest BCUT2D eigenvalue weighted by atomic mass is 16.3. The van der Waals surface area contributed by atoms with E-state index in [9.17, 15) is 15.2 Å². The number of rotatable bonds is 3. The van der Waals surface area contributed by atoms with Crippen LogP contribution in [0.4, 0.5) is 0 Å². The molecule has 0 amide bonds. The third kappa shape index (κ3) is 3.07. The molecule has 0 aromatic heterocycles. The minimum atomic E-state index is -1.47. The molecule has 0 radical (unpaired) electrons. The Morgan fingerprint density at radius 1 is 1.16 bits per heavy atom. The molecule has 2 unspecified atom stereocenters. The lowest BCUT2D eigenvalue weighted by Crippen LogP contribution is -2.47. The number of nitriles is 1. The van der Waals surface area contributed by atoms with Crippen LogP contribution in [0.3, 0.4) is 0 Å².